The SMILES string of the molecule is COc1ccc(-c2nc(Br)c3cc(N)ccn23)cc1C. The number of aromatic nitrogens is 2. The predicted octanol–water partition coefficient (Wildman–Crippen LogP) is 3.66. The molecule has 102 valence electrons. The van der Waals surface area contributed by atoms with Crippen LogP contribution < -0.4 is 10.5 Å². The second kappa shape index (κ2) is 4.83. The second-order valence-electron chi connectivity index (χ2n) is 4.63. The summed E-state index contributed by atoms with van der Waals surface area (Å²) in [4.78, 5) is 4.58. The van der Waals surface area contributed by atoms with Gasteiger partial charge in [-0.25, -0.2) is 4.98 Å². The van der Waals surface area contributed by atoms with Crippen LogP contribution in [-0.2, 0) is 0 Å². The molecule has 0 aliphatic carbocycles. The average Bonchev–Trinajstić information content (AvgIpc) is 2.76. The molecule has 4 nitrogen and oxygen atoms in total. The van der Waals surface area contributed by atoms with Gasteiger partial charge in [0.25, 0.3) is 0 Å². The Morgan fingerprint density at radius 1 is 1.25 bits per heavy atom. The molecular weight excluding hydrogens is 318 g/mol. The third-order valence-corrected chi connectivity index (χ3v) is 3.86. The van der Waals surface area contributed by atoms with Crippen LogP contribution in [0.2, 0.25) is 0 Å². The molecule has 0 aliphatic heterocycles. The Balaban J connectivity index is 2.22. The molecule has 0 fully saturated rings. The summed E-state index contributed by atoms with van der Waals surface area (Å²) in [6, 6.07) is 9.79. The van der Waals surface area contributed by atoms with Crippen LogP contribution in [0.1, 0.15) is 5.56 Å². The van der Waals surface area contributed by atoms with E-state index in [1.807, 2.05) is 41.8 Å². The van der Waals surface area contributed by atoms with Crippen molar-refractivity contribution in [2.24, 2.45) is 0 Å². The fourth-order valence-corrected chi connectivity index (χ4v) is 2.76. The van der Waals surface area contributed by atoms with E-state index in [0.717, 1.165) is 38.5 Å². The van der Waals surface area contributed by atoms with E-state index in [2.05, 4.69) is 27.0 Å². The number of imidazole rings is 1. The van der Waals surface area contributed by atoms with Gasteiger partial charge in [0.05, 0.1) is 12.6 Å². The maximum atomic E-state index is 5.82. The van der Waals surface area contributed by atoms with Crippen molar-refractivity contribution >= 4 is 27.1 Å². The zero-order chi connectivity index (χ0) is 14.3. The summed E-state index contributed by atoms with van der Waals surface area (Å²) >= 11 is 3.48. The Kier molecular flexibility index (Phi) is 3.14. The first-order chi connectivity index (χ1) is 9.60. The van der Waals surface area contributed by atoms with Crippen LogP contribution in [0.3, 0.4) is 0 Å². The number of methoxy groups -OCH3 is 1. The van der Waals surface area contributed by atoms with E-state index in [-0.39, 0.29) is 0 Å². The number of pyridine rings is 1. The number of hydrogen-bond acceptors (Lipinski definition) is 3. The summed E-state index contributed by atoms with van der Waals surface area (Å²) < 4.78 is 8.09. The Bertz CT molecular complexity index is 795. The predicted molar refractivity (Wildman–Crippen MR) is 84.0 cm³/mol. The first-order valence-corrected chi connectivity index (χ1v) is 6.97. The number of nitrogen functional groups attached to an aromatic ring is 1. The largest absolute Gasteiger partial charge is 0.496 e. The Labute approximate surface area is 125 Å². The van der Waals surface area contributed by atoms with E-state index in [1.54, 1.807) is 7.11 Å². The molecular formula is C15H14BrN3O. The summed E-state index contributed by atoms with van der Waals surface area (Å²) in [5.74, 6) is 1.75. The highest BCUT2D eigenvalue weighted by Gasteiger charge is 2.12. The Morgan fingerprint density at radius 2 is 2.05 bits per heavy atom. The lowest BCUT2D eigenvalue weighted by Gasteiger charge is -2.07. The standard InChI is InChI=1S/C15H14BrN3O/c1-9-7-10(3-4-13(9)20-2)15-18-14(16)12-8-11(17)5-6-19(12)15/h3-8H,17H2,1-2H3. The van der Waals surface area contributed by atoms with Gasteiger partial charge in [0.2, 0.25) is 0 Å². The van der Waals surface area contributed by atoms with Crippen molar-refractivity contribution < 1.29 is 4.74 Å². The molecule has 5 heteroatoms. The number of benzene rings is 1. The van der Waals surface area contributed by atoms with Gasteiger partial charge in [-0.3, -0.25) is 4.40 Å². The fraction of sp³-hybridized carbons (Fsp3) is 0.133. The highest BCUT2D eigenvalue weighted by atomic mass is 79.9. The van der Waals surface area contributed by atoms with Crippen LogP contribution in [-0.4, -0.2) is 16.5 Å². The zero-order valence-electron chi connectivity index (χ0n) is 11.2. The molecule has 0 unspecified atom stereocenters. The van der Waals surface area contributed by atoms with Crippen LogP contribution in [0.25, 0.3) is 16.9 Å². The third kappa shape index (κ3) is 2.04. The van der Waals surface area contributed by atoms with E-state index in [4.69, 9.17) is 10.5 Å². The number of aryl methyl sites for hydroxylation is 1. The minimum Gasteiger partial charge on any atom is -0.496 e. The number of nitrogens with zero attached hydrogens (tertiary/aromatic N) is 2. The van der Waals surface area contributed by atoms with Gasteiger partial charge in [-0.2, -0.15) is 0 Å². The van der Waals surface area contributed by atoms with Crippen molar-refractivity contribution in [1.82, 2.24) is 9.38 Å². The fourth-order valence-electron chi connectivity index (χ4n) is 2.29. The summed E-state index contributed by atoms with van der Waals surface area (Å²) in [6.45, 7) is 2.02. The van der Waals surface area contributed by atoms with Crippen LogP contribution >= 0.6 is 15.9 Å². The van der Waals surface area contributed by atoms with E-state index < -0.39 is 0 Å². The first kappa shape index (κ1) is 13.0. The van der Waals surface area contributed by atoms with Gasteiger partial charge < -0.3 is 10.5 Å². The monoisotopic (exact) mass is 331 g/mol. The van der Waals surface area contributed by atoms with Gasteiger partial charge >= 0.3 is 0 Å². The van der Waals surface area contributed by atoms with Crippen molar-refractivity contribution in [1.29, 1.82) is 0 Å². The van der Waals surface area contributed by atoms with Crippen LogP contribution in [0.4, 0.5) is 5.69 Å². The van der Waals surface area contributed by atoms with Crippen LogP contribution in [0.15, 0.2) is 41.1 Å². The van der Waals surface area contributed by atoms with Gasteiger partial charge in [-0.1, -0.05) is 0 Å². The molecule has 0 spiro atoms. The molecule has 1 aromatic carbocycles. The molecule has 2 heterocycles. The average molecular weight is 332 g/mol. The summed E-state index contributed by atoms with van der Waals surface area (Å²) in [6.07, 6.45) is 1.93. The smallest absolute Gasteiger partial charge is 0.145 e. The molecule has 0 radical (unpaired) electrons. The summed E-state index contributed by atoms with van der Waals surface area (Å²) in [5.41, 5.74) is 9.61. The van der Waals surface area contributed by atoms with E-state index >= 15 is 0 Å². The van der Waals surface area contributed by atoms with Crippen molar-refractivity contribution in [3.63, 3.8) is 0 Å². The van der Waals surface area contributed by atoms with Crippen molar-refractivity contribution in [2.45, 2.75) is 6.92 Å². The quantitative estimate of drug-likeness (QED) is 0.779. The van der Waals surface area contributed by atoms with Gasteiger partial charge in [0, 0.05) is 17.4 Å². The molecule has 20 heavy (non-hydrogen) atoms. The number of anilines is 1. The lowest BCUT2D eigenvalue weighted by Crippen LogP contribution is -1.93. The molecule has 0 aliphatic rings. The number of rotatable bonds is 2. The van der Waals surface area contributed by atoms with Gasteiger partial charge in [-0.15, -0.1) is 0 Å². The first-order valence-electron chi connectivity index (χ1n) is 6.18. The topological polar surface area (TPSA) is 52.5 Å². The Morgan fingerprint density at radius 3 is 2.75 bits per heavy atom. The van der Waals surface area contributed by atoms with Crippen LogP contribution in [0, 0.1) is 6.92 Å². The molecule has 0 bridgehead atoms. The van der Waals surface area contributed by atoms with Crippen molar-refractivity contribution in [3.05, 3.63) is 46.7 Å². The number of hydrogen-bond donors (Lipinski definition) is 1. The molecule has 0 amide bonds. The highest BCUT2D eigenvalue weighted by Crippen LogP contribution is 2.29. The third-order valence-electron chi connectivity index (χ3n) is 3.28. The van der Waals surface area contributed by atoms with Gasteiger partial charge in [-0.05, 0) is 58.7 Å². The van der Waals surface area contributed by atoms with Crippen molar-refractivity contribution in [3.8, 4) is 17.1 Å². The van der Waals surface area contributed by atoms with E-state index in [0.29, 0.717) is 0 Å². The molecule has 3 aromatic rings. The number of nitrogens with two attached hydrogens (primary N) is 1. The Hall–Kier alpha value is -2.01. The van der Waals surface area contributed by atoms with Crippen LogP contribution in [0.5, 0.6) is 5.75 Å². The molecule has 2 N–H and O–H groups in total. The summed E-state index contributed by atoms with van der Waals surface area (Å²) in [5, 5.41) is 0. The van der Waals surface area contributed by atoms with Gasteiger partial charge in [0.15, 0.2) is 0 Å². The minimum absolute atomic E-state index is 0.718. The lowest BCUT2D eigenvalue weighted by atomic mass is 10.1. The maximum absolute atomic E-state index is 5.82. The lowest BCUT2D eigenvalue weighted by molar-refractivity contribution is 0.412. The molecule has 0 saturated carbocycles. The summed E-state index contributed by atoms with van der Waals surface area (Å²) in [7, 11) is 1.67. The number of ether oxygens (including phenoxy) is 1. The van der Waals surface area contributed by atoms with E-state index in [9.17, 15) is 0 Å². The van der Waals surface area contributed by atoms with E-state index in [1.165, 1.54) is 0 Å². The minimum atomic E-state index is 0.718. The second-order valence-corrected chi connectivity index (χ2v) is 5.38. The normalized spacial score (nSPS) is 10.9. The maximum Gasteiger partial charge on any atom is 0.145 e. The van der Waals surface area contributed by atoms with Gasteiger partial charge in [0.1, 0.15) is 16.2 Å². The number of fused-ring (bicyclic) bond motifs is 1. The molecule has 3 rings (SSSR count). The number of halogens is 1. The molecule has 2 aromatic heterocycles. The van der Waals surface area contributed by atoms with Crippen molar-refractivity contribution in [2.75, 3.05) is 12.8 Å². The molecule has 0 saturated heterocycles. The highest BCUT2D eigenvalue weighted by molar-refractivity contribution is 9.10. The molecule has 0 atom stereocenters. The zero-order valence-corrected chi connectivity index (χ0v) is 12.8.